The lowest BCUT2D eigenvalue weighted by molar-refractivity contribution is 0.356. The highest BCUT2D eigenvalue weighted by molar-refractivity contribution is 6.31. The van der Waals surface area contributed by atoms with Gasteiger partial charge in [-0.2, -0.15) is 0 Å². The van der Waals surface area contributed by atoms with Gasteiger partial charge in [0.1, 0.15) is 0 Å². The Labute approximate surface area is 115 Å². The number of piperidine rings is 1. The lowest BCUT2D eigenvalue weighted by atomic mass is 9.91. The number of nitrogens with one attached hydrogen (secondary N) is 1. The number of nitrogens with zero attached hydrogens (tertiary/aromatic N) is 1. The monoisotopic (exact) mass is 266 g/mol. The van der Waals surface area contributed by atoms with Gasteiger partial charge in [-0.25, -0.2) is 0 Å². The average molecular weight is 267 g/mol. The normalized spacial score (nSPS) is 24.3. The zero-order valence-electron chi connectivity index (χ0n) is 11.5. The van der Waals surface area contributed by atoms with Crippen LogP contribution in [0.1, 0.15) is 25.8 Å². The predicted molar refractivity (Wildman–Crippen MR) is 79.4 cm³/mol. The molecule has 1 saturated heterocycles. The zero-order chi connectivity index (χ0) is 13.1. The van der Waals surface area contributed by atoms with E-state index in [0.717, 1.165) is 36.5 Å². The minimum atomic E-state index is 0.759. The summed E-state index contributed by atoms with van der Waals surface area (Å²) in [6.45, 7) is 7.78. The Bertz CT molecular complexity index is 395. The predicted octanol–water partition coefficient (Wildman–Crippen LogP) is 3.54. The molecule has 0 amide bonds. The second kappa shape index (κ2) is 5.94. The quantitative estimate of drug-likeness (QED) is 0.900. The highest BCUT2D eigenvalue weighted by Crippen LogP contribution is 2.32. The van der Waals surface area contributed by atoms with Gasteiger partial charge in [0.2, 0.25) is 0 Å². The summed E-state index contributed by atoms with van der Waals surface area (Å²) in [6.07, 6.45) is 1.33. The number of anilines is 1. The van der Waals surface area contributed by atoms with Gasteiger partial charge in [0.15, 0.2) is 0 Å². The molecule has 1 aliphatic heterocycles. The van der Waals surface area contributed by atoms with E-state index in [1.807, 2.05) is 13.1 Å². The third-order valence-electron chi connectivity index (χ3n) is 3.66. The Balaban J connectivity index is 2.29. The lowest BCUT2D eigenvalue weighted by Gasteiger charge is -2.37. The maximum absolute atomic E-state index is 6.33. The van der Waals surface area contributed by atoms with E-state index in [9.17, 15) is 0 Å². The molecule has 2 rings (SSSR count). The van der Waals surface area contributed by atoms with Crippen LogP contribution in [0.15, 0.2) is 18.2 Å². The van der Waals surface area contributed by atoms with Gasteiger partial charge in [-0.3, -0.25) is 0 Å². The first-order chi connectivity index (χ1) is 8.61. The largest absolute Gasteiger partial charge is 0.371 e. The molecule has 1 fully saturated rings. The first-order valence-electron chi connectivity index (χ1n) is 6.78. The van der Waals surface area contributed by atoms with E-state index < -0.39 is 0 Å². The van der Waals surface area contributed by atoms with E-state index in [2.05, 4.69) is 36.2 Å². The zero-order valence-corrected chi connectivity index (χ0v) is 12.3. The molecule has 1 aromatic rings. The highest BCUT2D eigenvalue weighted by Gasteiger charge is 2.23. The van der Waals surface area contributed by atoms with Crippen molar-refractivity contribution in [2.24, 2.45) is 11.8 Å². The van der Waals surface area contributed by atoms with Crippen molar-refractivity contribution in [1.82, 2.24) is 5.32 Å². The van der Waals surface area contributed by atoms with Crippen molar-refractivity contribution in [3.8, 4) is 0 Å². The minimum absolute atomic E-state index is 0.759. The van der Waals surface area contributed by atoms with E-state index in [4.69, 9.17) is 11.6 Å². The smallest absolute Gasteiger partial charge is 0.0471 e. The summed E-state index contributed by atoms with van der Waals surface area (Å²) in [5.41, 5.74) is 2.53. The van der Waals surface area contributed by atoms with E-state index in [-0.39, 0.29) is 0 Å². The summed E-state index contributed by atoms with van der Waals surface area (Å²) in [5, 5.41) is 4.08. The molecule has 0 saturated carbocycles. The molecule has 100 valence electrons. The van der Waals surface area contributed by atoms with Crippen LogP contribution >= 0.6 is 11.6 Å². The van der Waals surface area contributed by atoms with Crippen LogP contribution in [-0.4, -0.2) is 20.1 Å². The number of benzene rings is 1. The van der Waals surface area contributed by atoms with Crippen LogP contribution in [0.4, 0.5) is 5.69 Å². The molecule has 2 unspecified atom stereocenters. The molecule has 2 nitrogen and oxygen atoms in total. The molecule has 18 heavy (non-hydrogen) atoms. The minimum Gasteiger partial charge on any atom is -0.371 e. The molecule has 1 heterocycles. The topological polar surface area (TPSA) is 15.3 Å². The highest BCUT2D eigenvalue weighted by atomic mass is 35.5. The van der Waals surface area contributed by atoms with Crippen molar-refractivity contribution in [3.05, 3.63) is 28.8 Å². The van der Waals surface area contributed by atoms with Gasteiger partial charge in [-0.15, -0.1) is 0 Å². The Hall–Kier alpha value is -0.730. The van der Waals surface area contributed by atoms with Crippen LogP contribution in [0, 0.1) is 11.8 Å². The van der Waals surface area contributed by atoms with Crippen molar-refractivity contribution >= 4 is 17.3 Å². The second-order valence-corrected chi connectivity index (χ2v) is 6.03. The standard InChI is InChI=1S/C15H23ClN2/c1-11-7-12(2)10-18(9-11)15-6-4-5-14(16)13(15)8-17-3/h4-6,11-12,17H,7-10H2,1-3H3. The third kappa shape index (κ3) is 2.99. The summed E-state index contributed by atoms with van der Waals surface area (Å²) in [6, 6.07) is 6.23. The fourth-order valence-electron chi connectivity index (χ4n) is 3.05. The van der Waals surface area contributed by atoms with Crippen LogP contribution in [0.5, 0.6) is 0 Å². The first-order valence-corrected chi connectivity index (χ1v) is 7.16. The maximum Gasteiger partial charge on any atom is 0.0471 e. The molecular weight excluding hydrogens is 244 g/mol. The third-order valence-corrected chi connectivity index (χ3v) is 4.01. The molecule has 0 aliphatic carbocycles. The molecule has 1 N–H and O–H groups in total. The maximum atomic E-state index is 6.33. The van der Waals surface area contributed by atoms with Gasteiger partial charge in [0.25, 0.3) is 0 Å². The fourth-order valence-corrected chi connectivity index (χ4v) is 3.29. The second-order valence-electron chi connectivity index (χ2n) is 5.62. The first kappa shape index (κ1) is 13.7. The van der Waals surface area contributed by atoms with Gasteiger partial charge < -0.3 is 10.2 Å². The average Bonchev–Trinajstić information content (AvgIpc) is 2.30. The summed E-state index contributed by atoms with van der Waals surface area (Å²) < 4.78 is 0. The molecule has 0 radical (unpaired) electrons. The molecule has 0 bridgehead atoms. The van der Waals surface area contributed by atoms with Crippen LogP contribution in [0.2, 0.25) is 5.02 Å². The SMILES string of the molecule is CNCc1c(Cl)cccc1N1CC(C)CC(C)C1. The molecule has 3 heteroatoms. The summed E-state index contributed by atoms with van der Waals surface area (Å²) >= 11 is 6.33. The van der Waals surface area contributed by atoms with Crippen LogP contribution in [0.3, 0.4) is 0 Å². The van der Waals surface area contributed by atoms with Gasteiger partial charge >= 0.3 is 0 Å². The molecule has 2 atom stereocenters. The van der Waals surface area contributed by atoms with Crippen molar-refractivity contribution in [2.75, 3.05) is 25.0 Å². The number of halogens is 1. The fraction of sp³-hybridized carbons (Fsp3) is 0.600. The van der Waals surface area contributed by atoms with Crippen molar-refractivity contribution in [1.29, 1.82) is 0 Å². The van der Waals surface area contributed by atoms with Crippen LogP contribution in [-0.2, 0) is 6.54 Å². The Morgan fingerprint density at radius 2 is 1.94 bits per heavy atom. The van der Waals surface area contributed by atoms with Gasteiger partial charge in [-0.05, 0) is 37.4 Å². The van der Waals surface area contributed by atoms with E-state index in [1.54, 1.807) is 0 Å². The molecule has 1 aliphatic rings. The number of rotatable bonds is 3. The van der Waals surface area contributed by atoms with E-state index in [0.29, 0.717) is 0 Å². The van der Waals surface area contributed by atoms with Gasteiger partial charge in [0, 0.05) is 35.9 Å². The summed E-state index contributed by atoms with van der Waals surface area (Å²) in [5.74, 6) is 1.52. The number of hydrogen-bond acceptors (Lipinski definition) is 2. The van der Waals surface area contributed by atoms with E-state index >= 15 is 0 Å². The number of hydrogen-bond donors (Lipinski definition) is 1. The van der Waals surface area contributed by atoms with Gasteiger partial charge in [-0.1, -0.05) is 31.5 Å². The van der Waals surface area contributed by atoms with Crippen molar-refractivity contribution in [3.63, 3.8) is 0 Å². The van der Waals surface area contributed by atoms with Crippen molar-refractivity contribution in [2.45, 2.75) is 26.8 Å². The molecular formula is C15H23ClN2. The van der Waals surface area contributed by atoms with Crippen LogP contribution in [0.25, 0.3) is 0 Å². The van der Waals surface area contributed by atoms with Crippen molar-refractivity contribution < 1.29 is 0 Å². The lowest BCUT2D eigenvalue weighted by Crippen LogP contribution is -2.39. The Morgan fingerprint density at radius 1 is 1.28 bits per heavy atom. The molecule has 0 aromatic heterocycles. The molecule has 0 spiro atoms. The Morgan fingerprint density at radius 3 is 2.56 bits per heavy atom. The molecule has 1 aromatic carbocycles. The summed E-state index contributed by atoms with van der Waals surface area (Å²) in [4.78, 5) is 2.50. The van der Waals surface area contributed by atoms with Crippen LogP contribution < -0.4 is 10.2 Å². The Kier molecular flexibility index (Phi) is 4.52. The van der Waals surface area contributed by atoms with E-state index in [1.165, 1.54) is 17.7 Å². The van der Waals surface area contributed by atoms with Gasteiger partial charge in [0.05, 0.1) is 0 Å². The summed E-state index contributed by atoms with van der Waals surface area (Å²) in [7, 11) is 1.97.